The second-order valence-corrected chi connectivity index (χ2v) is 6.46. The topological polar surface area (TPSA) is 58.4 Å². The summed E-state index contributed by atoms with van der Waals surface area (Å²) in [6.45, 7) is 4.28. The fraction of sp³-hybridized carbons (Fsp3) is 0.294. The first-order chi connectivity index (χ1) is 11.0. The molecule has 0 fully saturated rings. The smallest absolute Gasteiger partial charge is 0.223 e. The van der Waals surface area contributed by atoms with E-state index < -0.39 is 0 Å². The monoisotopic (exact) mass is 329 g/mol. The van der Waals surface area contributed by atoms with E-state index in [1.807, 2.05) is 30.6 Å². The summed E-state index contributed by atoms with van der Waals surface area (Å²) in [5, 5.41) is 6.43. The van der Waals surface area contributed by atoms with Crippen LogP contribution in [0.2, 0.25) is 0 Å². The van der Waals surface area contributed by atoms with Gasteiger partial charge in [0, 0.05) is 24.2 Å². The zero-order chi connectivity index (χ0) is 16.4. The maximum atomic E-state index is 11.1. The number of nitrogens with zero attached hydrogens (tertiary/aromatic N) is 2. The number of fused-ring (bicyclic) bond motifs is 1. The van der Waals surface area contributed by atoms with Gasteiger partial charge in [-0.2, -0.15) is 0 Å². The molecule has 0 aliphatic rings. The van der Waals surface area contributed by atoms with Gasteiger partial charge in [-0.3, -0.25) is 9.69 Å². The summed E-state index contributed by atoms with van der Waals surface area (Å²) in [5.74, 6) is 0.834. The number of carbonyl (C=O) groups is 1. The second-order valence-electron chi connectivity index (χ2n) is 5.60. The van der Waals surface area contributed by atoms with Crippen molar-refractivity contribution in [2.24, 2.45) is 0 Å². The first-order valence-electron chi connectivity index (χ1n) is 7.43. The van der Waals surface area contributed by atoms with E-state index in [2.05, 4.69) is 34.3 Å². The van der Waals surface area contributed by atoms with Crippen LogP contribution in [0.25, 0.3) is 11.0 Å². The lowest BCUT2D eigenvalue weighted by atomic mass is 10.2. The third kappa shape index (κ3) is 3.60. The number of rotatable bonds is 5. The van der Waals surface area contributed by atoms with Crippen LogP contribution >= 0.6 is 11.3 Å². The van der Waals surface area contributed by atoms with Gasteiger partial charge in [0.25, 0.3) is 0 Å². The van der Waals surface area contributed by atoms with E-state index in [4.69, 9.17) is 4.42 Å². The molecule has 6 heteroatoms. The molecule has 0 aliphatic heterocycles. The van der Waals surface area contributed by atoms with Crippen molar-refractivity contribution >= 4 is 33.3 Å². The Kier molecular flexibility index (Phi) is 4.45. The van der Waals surface area contributed by atoms with Gasteiger partial charge in [0.05, 0.1) is 11.7 Å². The summed E-state index contributed by atoms with van der Waals surface area (Å²) in [6.07, 6.45) is 0. The number of para-hydroxylation sites is 1. The lowest BCUT2D eigenvalue weighted by Gasteiger charge is -2.21. The fourth-order valence-corrected chi connectivity index (χ4v) is 3.15. The predicted octanol–water partition coefficient (Wildman–Crippen LogP) is 4.04. The van der Waals surface area contributed by atoms with Crippen molar-refractivity contribution in [1.82, 2.24) is 9.88 Å². The highest BCUT2D eigenvalue weighted by atomic mass is 32.1. The van der Waals surface area contributed by atoms with Crippen LogP contribution in [0.4, 0.5) is 5.13 Å². The van der Waals surface area contributed by atoms with Gasteiger partial charge >= 0.3 is 0 Å². The highest BCUT2D eigenvalue weighted by Gasteiger charge is 2.17. The number of carbonyl (C=O) groups excluding carboxylic acids is 1. The Morgan fingerprint density at radius 1 is 1.43 bits per heavy atom. The van der Waals surface area contributed by atoms with Crippen LogP contribution in [-0.2, 0) is 11.3 Å². The summed E-state index contributed by atoms with van der Waals surface area (Å²) in [7, 11) is 2.04. The molecule has 0 saturated heterocycles. The van der Waals surface area contributed by atoms with Crippen molar-refractivity contribution in [2.45, 2.75) is 26.4 Å². The average molecular weight is 329 g/mol. The van der Waals surface area contributed by atoms with Gasteiger partial charge in [-0.25, -0.2) is 4.98 Å². The van der Waals surface area contributed by atoms with E-state index >= 15 is 0 Å². The van der Waals surface area contributed by atoms with Crippen LogP contribution in [0.5, 0.6) is 0 Å². The highest BCUT2D eigenvalue weighted by Crippen LogP contribution is 2.28. The van der Waals surface area contributed by atoms with E-state index in [1.165, 1.54) is 18.3 Å². The van der Waals surface area contributed by atoms with Gasteiger partial charge in [0.15, 0.2) is 5.13 Å². The number of benzene rings is 1. The Balaban J connectivity index is 1.70. The van der Waals surface area contributed by atoms with Gasteiger partial charge in [-0.05, 0) is 26.1 Å². The molecular weight excluding hydrogens is 310 g/mol. The third-order valence-corrected chi connectivity index (χ3v) is 4.57. The normalized spacial score (nSPS) is 12.7. The van der Waals surface area contributed by atoms with Crippen molar-refractivity contribution in [1.29, 1.82) is 0 Å². The van der Waals surface area contributed by atoms with Crippen molar-refractivity contribution in [3.05, 3.63) is 47.2 Å². The molecule has 0 saturated carbocycles. The lowest BCUT2D eigenvalue weighted by molar-refractivity contribution is -0.114. The molecule has 0 aliphatic carbocycles. The molecule has 2 aromatic heterocycles. The number of amides is 1. The van der Waals surface area contributed by atoms with Crippen LogP contribution in [0.3, 0.4) is 0 Å². The Hall–Kier alpha value is -2.18. The second kappa shape index (κ2) is 6.52. The van der Waals surface area contributed by atoms with Crippen LogP contribution in [-0.4, -0.2) is 22.8 Å². The fourth-order valence-electron chi connectivity index (χ4n) is 2.41. The van der Waals surface area contributed by atoms with Gasteiger partial charge in [0.1, 0.15) is 11.3 Å². The summed E-state index contributed by atoms with van der Waals surface area (Å²) in [6, 6.07) is 10.2. The minimum absolute atomic E-state index is 0.102. The van der Waals surface area contributed by atoms with E-state index in [0.717, 1.165) is 22.4 Å². The van der Waals surface area contributed by atoms with Crippen molar-refractivity contribution < 1.29 is 9.21 Å². The van der Waals surface area contributed by atoms with Crippen molar-refractivity contribution in [3.8, 4) is 0 Å². The lowest BCUT2D eigenvalue weighted by Crippen LogP contribution is -2.21. The first kappa shape index (κ1) is 15.7. The molecule has 23 heavy (non-hydrogen) atoms. The molecule has 3 rings (SSSR count). The molecule has 1 atom stereocenters. The molecule has 0 bridgehead atoms. The van der Waals surface area contributed by atoms with Crippen LogP contribution < -0.4 is 5.32 Å². The van der Waals surface area contributed by atoms with E-state index in [0.29, 0.717) is 11.7 Å². The Labute approximate surface area is 138 Å². The molecule has 3 aromatic rings. The van der Waals surface area contributed by atoms with Gasteiger partial charge < -0.3 is 9.73 Å². The number of hydrogen-bond acceptors (Lipinski definition) is 5. The molecule has 1 N–H and O–H groups in total. The average Bonchev–Trinajstić information content (AvgIpc) is 3.12. The largest absolute Gasteiger partial charge is 0.459 e. The SMILES string of the molecule is CC(=O)Nc1nc(CN(C)C(C)c2cc3ccccc3o2)cs1. The van der Waals surface area contributed by atoms with Gasteiger partial charge in [0.2, 0.25) is 5.91 Å². The number of anilines is 1. The van der Waals surface area contributed by atoms with Crippen molar-refractivity contribution in [2.75, 3.05) is 12.4 Å². The minimum atomic E-state index is -0.102. The standard InChI is InChI=1S/C17H19N3O2S/c1-11(16-8-13-6-4-5-7-15(13)22-16)20(3)9-14-10-23-17(19-14)18-12(2)21/h4-8,10-11H,9H2,1-3H3,(H,18,19,21). The maximum absolute atomic E-state index is 11.1. The van der Waals surface area contributed by atoms with Gasteiger partial charge in [-0.1, -0.05) is 18.2 Å². The Morgan fingerprint density at radius 3 is 2.96 bits per heavy atom. The first-order valence-corrected chi connectivity index (χ1v) is 8.31. The summed E-state index contributed by atoms with van der Waals surface area (Å²) in [4.78, 5) is 17.7. The third-order valence-electron chi connectivity index (χ3n) is 3.76. The number of hydrogen-bond donors (Lipinski definition) is 1. The molecule has 1 amide bonds. The highest BCUT2D eigenvalue weighted by molar-refractivity contribution is 7.13. The van der Waals surface area contributed by atoms with E-state index in [9.17, 15) is 4.79 Å². The summed E-state index contributed by atoms with van der Waals surface area (Å²) >= 11 is 1.44. The quantitative estimate of drug-likeness (QED) is 0.767. The summed E-state index contributed by atoms with van der Waals surface area (Å²) in [5.41, 5.74) is 1.84. The van der Waals surface area contributed by atoms with Crippen LogP contribution in [0.1, 0.15) is 31.3 Å². The summed E-state index contributed by atoms with van der Waals surface area (Å²) < 4.78 is 5.93. The van der Waals surface area contributed by atoms with Crippen LogP contribution in [0, 0.1) is 0 Å². The molecule has 1 aromatic carbocycles. The van der Waals surface area contributed by atoms with Crippen LogP contribution in [0.15, 0.2) is 40.1 Å². The van der Waals surface area contributed by atoms with E-state index in [-0.39, 0.29) is 11.9 Å². The Morgan fingerprint density at radius 2 is 2.22 bits per heavy atom. The predicted molar refractivity (Wildman–Crippen MR) is 92.5 cm³/mol. The molecule has 2 heterocycles. The number of furan rings is 1. The number of nitrogens with one attached hydrogen (secondary N) is 1. The molecular formula is C17H19N3O2S. The zero-order valence-corrected chi connectivity index (χ0v) is 14.2. The van der Waals surface area contributed by atoms with Crippen molar-refractivity contribution in [3.63, 3.8) is 0 Å². The molecule has 5 nitrogen and oxygen atoms in total. The number of thiazole rings is 1. The minimum Gasteiger partial charge on any atom is -0.459 e. The molecule has 120 valence electrons. The molecule has 0 radical (unpaired) electrons. The Bertz CT molecular complexity index is 791. The molecule has 0 spiro atoms. The number of aromatic nitrogens is 1. The maximum Gasteiger partial charge on any atom is 0.223 e. The zero-order valence-electron chi connectivity index (χ0n) is 13.4. The molecule has 1 unspecified atom stereocenters. The van der Waals surface area contributed by atoms with E-state index in [1.54, 1.807) is 0 Å². The van der Waals surface area contributed by atoms with Gasteiger partial charge in [-0.15, -0.1) is 11.3 Å².